The lowest BCUT2D eigenvalue weighted by molar-refractivity contribution is -0.159. The lowest BCUT2D eigenvalue weighted by Gasteiger charge is -2.30. The molecule has 1 amide bonds. The van der Waals surface area contributed by atoms with Crippen LogP contribution >= 0.6 is 11.3 Å². The lowest BCUT2D eigenvalue weighted by Crippen LogP contribution is -2.48. The van der Waals surface area contributed by atoms with Crippen LogP contribution in [0.2, 0.25) is 0 Å². The molecule has 122 valence electrons. The first-order valence-electron chi connectivity index (χ1n) is 7.12. The van der Waals surface area contributed by atoms with Crippen molar-refractivity contribution in [3.05, 3.63) is 23.4 Å². The summed E-state index contributed by atoms with van der Waals surface area (Å²) in [5, 5.41) is 14.8. The fourth-order valence-electron chi connectivity index (χ4n) is 2.26. The minimum atomic E-state index is -1.06. The van der Waals surface area contributed by atoms with Crippen LogP contribution in [0.1, 0.15) is 12.3 Å². The summed E-state index contributed by atoms with van der Waals surface area (Å²) in [7, 11) is 0. The van der Waals surface area contributed by atoms with E-state index in [4.69, 9.17) is 14.4 Å². The zero-order valence-corrected chi connectivity index (χ0v) is 13.0. The van der Waals surface area contributed by atoms with Crippen molar-refractivity contribution < 1.29 is 24.0 Å². The van der Waals surface area contributed by atoms with Gasteiger partial charge in [0.05, 0.1) is 18.0 Å². The molecule has 0 spiro atoms. The Morgan fingerprint density at radius 2 is 2.35 bits per heavy atom. The van der Waals surface area contributed by atoms with Crippen LogP contribution in [0, 0.1) is 0 Å². The fourth-order valence-corrected chi connectivity index (χ4v) is 2.91. The summed E-state index contributed by atoms with van der Waals surface area (Å²) in [6.07, 6.45) is -0.438. The molecule has 1 saturated heterocycles. The van der Waals surface area contributed by atoms with Crippen LogP contribution in [0.5, 0.6) is 0 Å². The Bertz CT molecular complexity index is 684. The number of aryl methyl sites for hydroxylation is 1. The Balaban J connectivity index is 1.54. The zero-order chi connectivity index (χ0) is 16.2. The Morgan fingerprint density at radius 1 is 1.48 bits per heavy atom. The van der Waals surface area contributed by atoms with Crippen molar-refractivity contribution in [1.29, 1.82) is 0 Å². The summed E-state index contributed by atoms with van der Waals surface area (Å²) < 4.78 is 10.2. The summed E-state index contributed by atoms with van der Waals surface area (Å²) in [6.45, 7) is 0.692. The monoisotopic (exact) mass is 337 g/mol. The number of amides is 1. The molecule has 2 aromatic rings. The van der Waals surface area contributed by atoms with Gasteiger partial charge in [0, 0.05) is 19.4 Å². The summed E-state index contributed by atoms with van der Waals surface area (Å²) in [6, 6.07) is 3.79. The average Bonchev–Trinajstić information content (AvgIpc) is 3.23. The Kier molecular flexibility index (Phi) is 4.68. The number of aromatic nitrogens is 2. The molecular formula is C14H15N3O5S. The average molecular weight is 337 g/mol. The number of thiophene rings is 1. The van der Waals surface area contributed by atoms with Crippen LogP contribution in [0.25, 0.3) is 10.7 Å². The molecule has 8 nitrogen and oxygen atoms in total. The highest BCUT2D eigenvalue weighted by molar-refractivity contribution is 7.13. The second-order valence-electron chi connectivity index (χ2n) is 5.03. The van der Waals surface area contributed by atoms with Crippen molar-refractivity contribution in [3.8, 4) is 10.7 Å². The molecule has 0 saturated carbocycles. The number of rotatable bonds is 5. The van der Waals surface area contributed by atoms with E-state index >= 15 is 0 Å². The molecule has 1 atom stereocenters. The van der Waals surface area contributed by atoms with Crippen molar-refractivity contribution in [1.82, 2.24) is 15.0 Å². The van der Waals surface area contributed by atoms with E-state index in [0.29, 0.717) is 24.7 Å². The van der Waals surface area contributed by atoms with Gasteiger partial charge >= 0.3 is 5.97 Å². The number of hydrogen-bond donors (Lipinski definition) is 1. The number of morpholine rings is 1. The number of aliphatic carboxylic acids is 1. The first-order valence-corrected chi connectivity index (χ1v) is 8.00. The van der Waals surface area contributed by atoms with Gasteiger partial charge in [0.1, 0.15) is 0 Å². The molecule has 0 aromatic carbocycles. The Morgan fingerprint density at radius 3 is 3.09 bits per heavy atom. The number of ether oxygens (including phenoxy) is 1. The van der Waals surface area contributed by atoms with E-state index in [-0.39, 0.29) is 25.5 Å². The molecule has 3 heterocycles. The molecule has 9 heteroatoms. The lowest BCUT2D eigenvalue weighted by atomic mass is 10.2. The second-order valence-corrected chi connectivity index (χ2v) is 5.97. The maximum atomic E-state index is 12.2. The predicted octanol–water partition coefficient (Wildman–Crippen LogP) is 1.04. The normalized spacial score (nSPS) is 18.1. The third-order valence-electron chi connectivity index (χ3n) is 3.46. The van der Waals surface area contributed by atoms with E-state index in [1.807, 2.05) is 17.5 Å². The number of hydrogen-bond acceptors (Lipinski definition) is 7. The van der Waals surface area contributed by atoms with E-state index in [1.54, 1.807) is 0 Å². The highest BCUT2D eigenvalue weighted by atomic mass is 32.1. The summed E-state index contributed by atoms with van der Waals surface area (Å²) >= 11 is 1.51. The predicted molar refractivity (Wildman–Crippen MR) is 79.9 cm³/mol. The van der Waals surface area contributed by atoms with Gasteiger partial charge in [0.25, 0.3) is 0 Å². The van der Waals surface area contributed by atoms with Gasteiger partial charge in [0.15, 0.2) is 6.10 Å². The van der Waals surface area contributed by atoms with E-state index in [0.717, 1.165) is 4.88 Å². The van der Waals surface area contributed by atoms with E-state index < -0.39 is 12.1 Å². The third-order valence-corrected chi connectivity index (χ3v) is 4.32. The Hall–Kier alpha value is -2.26. The number of carboxylic acid groups (broad SMARTS) is 1. The number of carbonyl (C=O) groups excluding carboxylic acids is 1. The van der Waals surface area contributed by atoms with Crippen molar-refractivity contribution >= 4 is 23.2 Å². The van der Waals surface area contributed by atoms with Crippen molar-refractivity contribution in [2.75, 3.05) is 19.7 Å². The molecule has 1 N–H and O–H groups in total. The van der Waals surface area contributed by atoms with Gasteiger partial charge in [-0.15, -0.1) is 11.3 Å². The molecular weight excluding hydrogens is 322 g/mol. The van der Waals surface area contributed by atoms with Crippen molar-refractivity contribution in [2.24, 2.45) is 0 Å². The summed E-state index contributed by atoms with van der Waals surface area (Å²) in [4.78, 5) is 29.7. The van der Waals surface area contributed by atoms with Crippen molar-refractivity contribution in [3.63, 3.8) is 0 Å². The smallest absolute Gasteiger partial charge is 0.334 e. The number of carboxylic acids is 1. The molecule has 0 radical (unpaired) electrons. The zero-order valence-electron chi connectivity index (χ0n) is 12.2. The Labute approximate surface area is 135 Å². The van der Waals surface area contributed by atoms with Crippen molar-refractivity contribution in [2.45, 2.75) is 18.9 Å². The summed E-state index contributed by atoms with van der Waals surface area (Å²) in [5.41, 5.74) is 0. The second kappa shape index (κ2) is 6.88. The van der Waals surface area contributed by atoms with Gasteiger partial charge in [-0.05, 0) is 11.4 Å². The molecule has 1 aliphatic rings. The summed E-state index contributed by atoms with van der Waals surface area (Å²) in [5.74, 6) is -0.292. The quantitative estimate of drug-likeness (QED) is 0.869. The molecule has 1 fully saturated rings. The molecule has 0 bridgehead atoms. The van der Waals surface area contributed by atoms with Gasteiger partial charge in [-0.1, -0.05) is 11.2 Å². The largest absolute Gasteiger partial charge is 0.479 e. The van der Waals surface area contributed by atoms with Crippen LogP contribution in [0.3, 0.4) is 0 Å². The van der Waals surface area contributed by atoms with Crippen LogP contribution < -0.4 is 0 Å². The molecule has 23 heavy (non-hydrogen) atoms. The van der Waals surface area contributed by atoms with Gasteiger partial charge in [-0.2, -0.15) is 4.98 Å². The standard InChI is InChI=1S/C14H15N3O5S/c18-12(17-5-6-21-9(8-17)14(19)20)4-3-11-15-13(16-22-11)10-2-1-7-23-10/h1-2,7,9H,3-6,8H2,(H,19,20)/t9-/m0/s1. The molecule has 0 unspecified atom stereocenters. The number of carbonyl (C=O) groups is 2. The minimum absolute atomic E-state index is 0.0679. The van der Waals surface area contributed by atoms with E-state index in [9.17, 15) is 9.59 Å². The third kappa shape index (κ3) is 3.74. The molecule has 2 aromatic heterocycles. The van der Waals surface area contributed by atoms with Crippen LogP contribution in [-0.2, 0) is 20.7 Å². The maximum absolute atomic E-state index is 12.2. The SMILES string of the molecule is O=C(O)[C@@H]1CN(C(=O)CCc2nc(-c3cccs3)no2)CCO1. The van der Waals surface area contributed by atoms with Gasteiger partial charge in [0.2, 0.25) is 17.6 Å². The first kappa shape index (κ1) is 15.6. The number of nitrogens with zero attached hydrogens (tertiary/aromatic N) is 3. The molecule has 3 rings (SSSR count). The first-order chi connectivity index (χ1) is 11.1. The molecule has 1 aliphatic heterocycles. The van der Waals surface area contributed by atoms with E-state index in [1.165, 1.54) is 16.2 Å². The highest BCUT2D eigenvalue weighted by Crippen LogP contribution is 2.21. The highest BCUT2D eigenvalue weighted by Gasteiger charge is 2.28. The molecule has 0 aliphatic carbocycles. The van der Waals surface area contributed by atoms with Gasteiger partial charge in [-0.25, -0.2) is 4.79 Å². The van der Waals surface area contributed by atoms with Crippen LogP contribution in [0.4, 0.5) is 0 Å². The topological polar surface area (TPSA) is 106 Å². The fraction of sp³-hybridized carbons (Fsp3) is 0.429. The van der Waals surface area contributed by atoms with Crippen LogP contribution in [-0.4, -0.2) is 57.8 Å². The minimum Gasteiger partial charge on any atom is -0.479 e. The maximum Gasteiger partial charge on any atom is 0.334 e. The van der Waals surface area contributed by atoms with Crippen LogP contribution in [0.15, 0.2) is 22.0 Å². The van der Waals surface area contributed by atoms with Gasteiger partial charge in [-0.3, -0.25) is 4.79 Å². The van der Waals surface area contributed by atoms with E-state index in [2.05, 4.69) is 10.1 Å². The van der Waals surface area contributed by atoms with Gasteiger partial charge < -0.3 is 19.3 Å².